The number of amides is 1. The molecule has 3 nitrogen and oxygen atoms in total. The molecule has 110 valence electrons. The minimum absolute atomic E-state index is 0.0432. The molecule has 0 unspecified atom stereocenters. The van der Waals surface area contributed by atoms with Crippen LogP contribution in [0.3, 0.4) is 0 Å². The van der Waals surface area contributed by atoms with Crippen molar-refractivity contribution in [3.8, 4) is 0 Å². The molecule has 0 spiro atoms. The van der Waals surface area contributed by atoms with Gasteiger partial charge in [0.05, 0.1) is 11.0 Å². The Balaban J connectivity index is 1.97. The molecule has 21 heavy (non-hydrogen) atoms. The molecule has 0 saturated carbocycles. The SMILES string of the molecule is Cc1cc(Br)c(F)cc1NCC(=O)Nc1cccc(F)c1. The lowest BCUT2D eigenvalue weighted by Gasteiger charge is -2.11. The first-order chi connectivity index (χ1) is 9.95. The summed E-state index contributed by atoms with van der Waals surface area (Å²) in [7, 11) is 0. The zero-order valence-electron chi connectivity index (χ0n) is 11.2. The first-order valence-electron chi connectivity index (χ1n) is 6.20. The zero-order valence-corrected chi connectivity index (χ0v) is 12.8. The third kappa shape index (κ3) is 4.26. The molecule has 0 saturated heterocycles. The second-order valence-corrected chi connectivity index (χ2v) is 5.35. The van der Waals surface area contributed by atoms with E-state index in [0.717, 1.165) is 5.56 Å². The van der Waals surface area contributed by atoms with Crippen molar-refractivity contribution in [1.82, 2.24) is 0 Å². The number of rotatable bonds is 4. The second kappa shape index (κ2) is 6.67. The van der Waals surface area contributed by atoms with Crippen LogP contribution in [0.1, 0.15) is 5.56 Å². The van der Waals surface area contributed by atoms with Crippen molar-refractivity contribution >= 4 is 33.2 Å². The lowest BCUT2D eigenvalue weighted by Crippen LogP contribution is -2.22. The molecule has 0 bridgehead atoms. The molecular formula is C15H13BrF2N2O. The largest absolute Gasteiger partial charge is 0.376 e. The summed E-state index contributed by atoms with van der Waals surface area (Å²) in [5.41, 5.74) is 1.72. The van der Waals surface area contributed by atoms with Crippen molar-refractivity contribution < 1.29 is 13.6 Å². The van der Waals surface area contributed by atoms with Crippen LogP contribution in [0.5, 0.6) is 0 Å². The maximum Gasteiger partial charge on any atom is 0.243 e. The fourth-order valence-corrected chi connectivity index (χ4v) is 2.24. The maximum atomic E-state index is 13.4. The molecule has 0 radical (unpaired) electrons. The van der Waals surface area contributed by atoms with Gasteiger partial charge in [0.2, 0.25) is 5.91 Å². The number of anilines is 2. The molecule has 0 aliphatic carbocycles. The molecule has 0 heterocycles. The Hall–Kier alpha value is -1.95. The molecule has 2 rings (SSSR count). The van der Waals surface area contributed by atoms with Gasteiger partial charge in [0.1, 0.15) is 11.6 Å². The van der Waals surface area contributed by atoms with Gasteiger partial charge in [0.15, 0.2) is 0 Å². The van der Waals surface area contributed by atoms with E-state index in [-0.39, 0.29) is 12.5 Å². The van der Waals surface area contributed by atoms with Crippen LogP contribution in [0.2, 0.25) is 0 Å². The highest BCUT2D eigenvalue weighted by Gasteiger charge is 2.07. The lowest BCUT2D eigenvalue weighted by molar-refractivity contribution is -0.114. The van der Waals surface area contributed by atoms with E-state index in [1.807, 2.05) is 0 Å². The highest BCUT2D eigenvalue weighted by atomic mass is 79.9. The highest BCUT2D eigenvalue weighted by molar-refractivity contribution is 9.10. The Bertz CT molecular complexity index is 677. The Kier molecular flexibility index (Phi) is 4.90. The normalized spacial score (nSPS) is 10.3. The summed E-state index contributed by atoms with van der Waals surface area (Å²) in [5.74, 6) is -1.18. The molecule has 0 aliphatic rings. The van der Waals surface area contributed by atoms with E-state index in [1.54, 1.807) is 19.1 Å². The fraction of sp³-hybridized carbons (Fsp3) is 0.133. The summed E-state index contributed by atoms with van der Waals surface area (Å²) < 4.78 is 26.8. The van der Waals surface area contributed by atoms with Gasteiger partial charge in [0.25, 0.3) is 0 Å². The predicted octanol–water partition coefficient (Wildman–Crippen LogP) is 4.09. The van der Waals surface area contributed by atoms with Gasteiger partial charge in [0, 0.05) is 11.4 Å². The molecule has 0 aromatic heterocycles. The van der Waals surface area contributed by atoms with Crippen molar-refractivity contribution in [3.63, 3.8) is 0 Å². The molecule has 1 amide bonds. The van der Waals surface area contributed by atoms with Gasteiger partial charge in [-0.3, -0.25) is 4.79 Å². The fourth-order valence-electron chi connectivity index (χ4n) is 1.78. The Morgan fingerprint density at radius 3 is 2.71 bits per heavy atom. The molecule has 0 atom stereocenters. The van der Waals surface area contributed by atoms with Crippen LogP contribution in [0.15, 0.2) is 40.9 Å². The number of hydrogen-bond donors (Lipinski definition) is 2. The van der Waals surface area contributed by atoms with Gasteiger partial charge < -0.3 is 10.6 Å². The van der Waals surface area contributed by atoms with E-state index in [0.29, 0.717) is 15.8 Å². The number of nitrogens with one attached hydrogen (secondary N) is 2. The number of hydrogen-bond acceptors (Lipinski definition) is 2. The van der Waals surface area contributed by atoms with E-state index in [1.165, 1.54) is 24.3 Å². The van der Waals surface area contributed by atoms with Crippen LogP contribution in [0, 0.1) is 18.6 Å². The topological polar surface area (TPSA) is 41.1 Å². The van der Waals surface area contributed by atoms with Gasteiger partial charge >= 0.3 is 0 Å². The Morgan fingerprint density at radius 1 is 1.24 bits per heavy atom. The van der Waals surface area contributed by atoms with Gasteiger partial charge in [-0.15, -0.1) is 0 Å². The average Bonchev–Trinajstić information content (AvgIpc) is 2.41. The van der Waals surface area contributed by atoms with E-state index in [2.05, 4.69) is 26.6 Å². The summed E-state index contributed by atoms with van der Waals surface area (Å²) in [5, 5.41) is 5.40. The Morgan fingerprint density at radius 2 is 2.00 bits per heavy atom. The number of benzene rings is 2. The number of halogens is 3. The summed E-state index contributed by atoms with van der Waals surface area (Å²) >= 11 is 3.09. The van der Waals surface area contributed by atoms with Crippen LogP contribution in [0.25, 0.3) is 0 Å². The standard InChI is InChI=1S/C15H13BrF2N2O/c1-9-5-12(16)13(18)7-14(9)19-8-15(21)20-11-4-2-3-10(17)6-11/h2-7,19H,8H2,1H3,(H,20,21). The van der Waals surface area contributed by atoms with Crippen LogP contribution < -0.4 is 10.6 Å². The van der Waals surface area contributed by atoms with Gasteiger partial charge in [-0.2, -0.15) is 0 Å². The molecular weight excluding hydrogens is 342 g/mol. The molecule has 0 fully saturated rings. The molecule has 0 aliphatic heterocycles. The minimum Gasteiger partial charge on any atom is -0.376 e. The first kappa shape index (κ1) is 15.4. The highest BCUT2D eigenvalue weighted by Crippen LogP contribution is 2.23. The van der Waals surface area contributed by atoms with Crippen LogP contribution >= 0.6 is 15.9 Å². The van der Waals surface area contributed by atoms with Crippen molar-refractivity contribution in [1.29, 1.82) is 0 Å². The summed E-state index contributed by atoms with van der Waals surface area (Å²) in [4.78, 5) is 11.8. The smallest absolute Gasteiger partial charge is 0.243 e. The van der Waals surface area contributed by atoms with Gasteiger partial charge in [-0.05, 0) is 58.7 Å². The summed E-state index contributed by atoms with van der Waals surface area (Å²) in [6.07, 6.45) is 0. The second-order valence-electron chi connectivity index (χ2n) is 4.49. The predicted molar refractivity (Wildman–Crippen MR) is 82.4 cm³/mol. The number of aryl methyl sites for hydroxylation is 1. The molecule has 6 heteroatoms. The van der Waals surface area contributed by atoms with Gasteiger partial charge in [-0.1, -0.05) is 6.07 Å². The van der Waals surface area contributed by atoms with E-state index >= 15 is 0 Å². The zero-order chi connectivity index (χ0) is 15.4. The molecule has 2 aromatic carbocycles. The Labute approximate surface area is 129 Å². The average molecular weight is 355 g/mol. The van der Waals surface area contributed by atoms with Crippen molar-refractivity contribution in [2.45, 2.75) is 6.92 Å². The quantitative estimate of drug-likeness (QED) is 0.868. The van der Waals surface area contributed by atoms with Crippen LogP contribution in [-0.4, -0.2) is 12.5 Å². The summed E-state index contributed by atoms with van der Waals surface area (Å²) in [6, 6.07) is 8.56. The van der Waals surface area contributed by atoms with Crippen LogP contribution in [0.4, 0.5) is 20.2 Å². The summed E-state index contributed by atoms with van der Waals surface area (Å²) in [6.45, 7) is 1.76. The number of carbonyl (C=O) groups is 1. The third-order valence-electron chi connectivity index (χ3n) is 2.82. The van der Waals surface area contributed by atoms with E-state index < -0.39 is 11.6 Å². The van der Waals surface area contributed by atoms with E-state index in [4.69, 9.17) is 0 Å². The van der Waals surface area contributed by atoms with Crippen molar-refractivity contribution in [3.05, 3.63) is 58.1 Å². The van der Waals surface area contributed by atoms with Crippen molar-refractivity contribution in [2.24, 2.45) is 0 Å². The monoisotopic (exact) mass is 354 g/mol. The molecule has 2 N–H and O–H groups in total. The minimum atomic E-state index is -0.424. The van der Waals surface area contributed by atoms with E-state index in [9.17, 15) is 13.6 Å². The maximum absolute atomic E-state index is 13.4. The van der Waals surface area contributed by atoms with Gasteiger partial charge in [-0.25, -0.2) is 8.78 Å². The molecule has 2 aromatic rings. The third-order valence-corrected chi connectivity index (χ3v) is 3.42. The first-order valence-corrected chi connectivity index (χ1v) is 7.00. The lowest BCUT2D eigenvalue weighted by atomic mass is 10.2. The number of carbonyl (C=O) groups excluding carboxylic acids is 1. The van der Waals surface area contributed by atoms with Crippen LogP contribution in [-0.2, 0) is 4.79 Å². The van der Waals surface area contributed by atoms with Crippen molar-refractivity contribution in [2.75, 3.05) is 17.2 Å².